The first-order chi connectivity index (χ1) is 5.22. The van der Waals surface area contributed by atoms with Gasteiger partial charge in [-0.25, -0.2) is 0 Å². The first kappa shape index (κ1) is 5.75. The largest absolute Gasteiger partial charge is 0.481 e. The molecule has 0 aromatic carbocycles. The lowest BCUT2D eigenvalue weighted by atomic mass is 9.98. The first-order valence-electron chi connectivity index (χ1n) is 3.98. The van der Waals surface area contributed by atoms with Crippen molar-refractivity contribution in [3.63, 3.8) is 0 Å². The van der Waals surface area contributed by atoms with Crippen LogP contribution in [0.15, 0.2) is 0 Å². The third-order valence-electron chi connectivity index (χ3n) is 3.58. The fourth-order valence-corrected chi connectivity index (χ4v) is 3.18. The second-order valence-corrected chi connectivity index (χ2v) is 3.88. The molecule has 0 spiro atoms. The number of hydrogen-bond donors (Lipinski definition) is 1. The Morgan fingerprint density at radius 3 is 2.45 bits per heavy atom. The number of Topliss-reactive ketones (excluding diaryl/α,β-unsaturated/α-hetero) is 1. The highest BCUT2D eigenvalue weighted by Gasteiger charge is 2.75. The number of rotatable bonds is 1. The van der Waals surface area contributed by atoms with E-state index in [2.05, 4.69) is 0 Å². The van der Waals surface area contributed by atoms with Crippen molar-refractivity contribution in [2.75, 3.05) is 0 Å². The molecule has 4 rings (SSSR count). The Morgan fingerprint density at radius 1 is 1.55 bits per heavy atom. The van der Waals surface area contributed by atoms with Crippen LogP contribution >= 0.6 is 0 Å². The zero-order valence-electron chi connectivity index (χ0n) is 5.86. The highest BCUT2D eigenvalue weighted by Crippen LogP contribution is 2.71. The Balaban J connectivity index is 2.03. The van der Waals surface area contributed by atoms with Crippen LogP contribution in [-0.2, 0) is 9.59 Å². The Kier molecular flexibility index (Phi) is 0.708. The molecule has 0 aromatic rings. The maximum atomic E-state index is 11.2. The van der Waals surface area contributed by atoms with Gasteiger partial charge in [-0.3, -0.25) is 9.59 Å². The maximum Gasteiger partial charge on any atom is 0.307 e. The zero-order valence-corrected chi connectivity index (χ0v) is 5.86. The van der Waals surface area contributed by atoms with Gasteiger partial charge in [0.25, 0.3) is 0 Å². The summed E-state index contributed by atoms with van der Waals surface area (Å²) >= 11 is 0. The summed E-state index contributed by atoms with van der Waals surface area (Å²) in [5, 5.41) is 8.77. The highest BCUT2D eigenvalue weighted by molar-refractivity contribution is 5.98. The summed E-state index contributed by atoms with van der Waals surface area (Å²) in [5.41, 5.74) is 0. The molecule has 4 saturated carbocycles. The van der Waals surface area contributed by atoms with E-state index in [0.29, 0.717) is 5.92 Å². The topological polar surface area (TPSA) is 54.4 Å². The summed E-state index contributed by atoms with van der Waals surface area (Å²) in [5.74, 6) is -0.0482. The number of ketones is 1. The molecule has 5 atom stereocenters. The summed E-state index contributed by atoms with van der Waals surface area (Å²) < 4.78 is 0. The molecule has 0 aliphatic heterocycles. The smallest absolute Gasteiger partial charge is 0.307 e. The molecule has 1 N–H and O–H groups in total. The van der Waals surface area contributed by atoms with Gasteiger partial charge in [0.15, 0.2) is 0 Å². The van der Waals surface area contributed by atoms with E-state index in [-0.39, 0.29) is 29.5 Å². The van der Waals surface area contributed by atoms with Crippen molar-refractivity contribution in [1.82, 2.24) is 0 Å². The van der Waals surface area contributed by atoms with Crippen LogP contribution in [0.3, 0.4) is 0 Å². The highest BCUT2D eigenvalue weighted by atomic mass is 16.4. The van der Waals surface area contributed by atoms with E-state index in [1.165, 1.54) is 0 Å². The predicted octanol–water partition coefficient (Wildman–Crippen LogP) is 0.152. The van der Waals surface area contributed by atoms with Crippen LogP contribution in [0.4, 0.5) is 0 Å². The molecule has 4 fully saturated rings. The van der Waals surface area contributed by atoms with Crippen molar-refractivity contribution in [3.8, 4) is 0 Å². The number of carbonyl (C=O) groups is 2. The van der Waals surface area contributed by atoms with E-state index in [4.69, 9.17) is 5.11 Å². The molecule has 3 heteroatoms. The standard InChI is InChI=1S/C8H8O3/c9-7-3-1-2-4(5(2)7)6(3)8(10)11/h2-6H,1H2,(H,10,11)/t2?,3-,4-,5?,6?/m0/s1. The molecule has 3 unspecified atom stereocenters. The summed E-state index contributed by atoms with van der Waals surface area (Å²) in [7, 11) is 0. The average molecular weight is 152 g/mol. The second-order valence-electron chi connectivity index (χ2n) is 3.88. The number of carboxylic acid groups (broad SMARTS) is 1. The molecule has 0 radical (unpaired) electrons. The van der Waals surface area contributed by atoms with E-state index in [0.717, 1.165) is 6.42 Å². The molecule has 3 nitrogen and oxygen atoms in total. The third kappa shape index (κ3) is 0.424. The van der Waals surface area contributed by atoms with E-state index in [1.54, 1.807) is 0 Å². The van der Waals surface area contributed by atoms with E-state index in [1.807, 2.05) is 0 Å². The average Bonchev–Trinajstić information content (AvgIpc) is 2.33. The fraction of sp³-hybridized carbons (Fsp3) is 0.750. The molecular formula is C8H8O3. The first-order valence-corrected chi connectivity index (χ1v) is 3.98. The molecule has 4 aliphatic carbocycles. The summed E-state index contributed by atoms with van der Waals surface area (Å²) in [6.07, 6.45) is 0.866. The van der Waals surface area contributed by atoms with Crippen LogP contribution < -0.4 is 0 Å². The Bertz CT molecular complexity index is 271. The molecular weight excluding hydrogens is 144 g/mol. The number of carboxylic acids is 1. The van der Waals surface area contributed by atoms with Gasteiger partial charge >= 0.3 is 5.97 Å². The van der Waals surface area contributed by atoms with Crippen molar-refractivity contribution < 1.29 is 14.7 Å². The molecule has 0 heterocycles. The van der Waals surface area contributed by atoms with E-state index >= 15 is 0 Å². The number of hydrogen-bond acceptors (Lipinski definition) is 2. The maximum absolute atomic E-state index is 11.2. The van der Waals surface area contributed by atoms with Gasteiger partial charge in [0, 0.05) is 11.8 Å². The zero-order chi connectivity index (χ0) is 7.75. The second kappa shape index (κ2) is 1.36. The van der Waals surface area contributed by atoms with Crippen LogP contribution in [0, 0.1) is 29.6 Å². The van der Waals surface area contributed by atoms with Crippen molar-refractivity contribution in [2.24, 2.45) is 29.6 Å². The summed E-state index contributed by atoms with van der Waals surface area (Å²) in [4.78, 5) is 21.9. The number of aliphatic carboxylic acids is 1. The molecule has 11 heavy (non-hydrogen) atoms. The third-order valence-corrected chi connectivity index (χ3v) is 3.58. The molecule has 0 aromatic heterocycles. The minimum atomic E-state index is -0.754. The van der Waals surface area contributed by atoms with Gasteiger partial charge in [0.1, 0.15) is 5.78 Å². The molecule has 0 amide bonds. The van der Waals surface area contributed by atoms with Crippen LogP contribution in [-0.4, -0.2) is 16.9 Å². The van der Waals surface area contributed by atoms with E-state index in [9.17, 15) is 9.59 Å². The Hall–Kier alpha value is -0.860. The van der Waals surface area contributed by atoms with Crippen LogP contribution in [0.1, 0.15) is 6.42 Å². The van der Waals surface area contributed by atoms with E-state index < -0.39 is 5.97 Å². The molecule has 58 valence electrons. The molecule has 0 saturated heterocycles. The lowest BCUT2D eigenvalue weighted by molar-refractivity contribution is -0.144. The van der Waals surface area contributed by atoms with Gasteiger partial charge in [0.2, 0.25) is 0 Å². The minimum Gasteiger partial charge on any atom is -0.481 e. The minimum absolute atomic E-state index is 0.104. The van der Waals surface area contributed by atoms with Crippen molar-refractivity contribution in [1.29, 1.82) is 0 Å². The van der Waals surface area contributed by atoms with Crippen LogP contribution in [0.2, 0.25) is 0 Å². The lowest BCUT2D eigenvalue weighted by Gasteiger charge is -2.05. The molecule has 4 bridgehead atoms. The predicted molar refractivity (Wildman–Crippen MR) is 34.7 cm³/mol. The van der Waals surface area contributed by atoms with Crippen molar-refractivity contribution in [3.05, 3.63) is 0 Å². The van der Waals surface area contributed by atoms with Gasteiger partial charge in [-0.1, -0.05) is 0 Å². The van der Waals surface area contributed by atoms with Gasteiger partial charge in [0.05, 0.1) is 5.92 Å². The monoisotopic (exact) mass is 152 g/mol. The van der Waals surface area contributed by atoms with Crippen molar-refractivity contribution >= 4 is 11.8 Å². The van der Waals surface area contributed by atoms with Gasteiger partial charge in [-0.15, -0.1) is 0 Å². The normalized spacial score (nSPS) is 56.7. The van der Waals surface area contributed by atoms with Gasteiger partial charge < -0.3 is 5.11 Å². The summed E-state index contributed by atoms with van der Waals surface area (Å²) in [6.45, 7) is 0. The number of carbonyl (C=O) groups excluding carboxylic acids is 1. The molecule has 4 aliphatic rings. The lowest BCUT2D eigenvalue weighted by Crippen LogP contribution is -2.19. The summed E-state index contributed by atoms with van der Waals surface area (Å²) in [6, 6.07) is 0. The van der Waals surface area contributed by atoms with Gasteiger partial charge in [-0.2, -0.15) is 0 Å². The Morgan fingerprint density at radius 2 is 2.27 bits per heavy atom. The van der Waals surface area contributed by atoms with Crippen LogP contribution in [0.25, 0.3) is 0 Å². The van der Waals surface area contributed by atoms with Crippen LogP contribution in [0.5, 0.6) is 0 Å². The SMILES string of the molecule is O=C(O)C1[C@H]2C3C[C@@H]1C(=O)C32. The Labute approximate surface area is 63.4 Å². The quantitative estimate of drug-likeness (QED) is 0.582. The van der Waals surface area contributed by atoms with Gasteiger partial charge in [-0.05, 0) is 18.3 Å². The van der Waals surface area contributed by atoms with Crippen molar-refractivity contribution in [2.45, 2.75) is 6.42 Å². The fourth-order valence-electron chi connectivity index (χ4n) is 3.18.